The molecule has 4 rings (SSSR count). The fraction of sp³-hybridized carbons (Fsp3) is 0.111. The average molecular weight is 332 g/mol. The van der Waals surface area contributed by atoms with Crippen molar-refractivity contribution in [1.82, 2.24) is 30.0 Å². The second-order valence-corrected chi connectivity index (χ2v) is 5.73. The minimum absolute atomic E-state index is 0.141. The summed E-state index contributed by atoms with van der Waals surface area (Å²) in [4.78, 5) is 24.0. The van der Waals surface area contributed by atoms with Crippen molar-refractivity contribution in [3.8, 4) is 11.3 Å². The number of aromatic nitrogens is 5. The number of hydrogen-bond donors (Lipinski definition) is 2. The molecule has 0 radical (unpaired) electrons. The maximum Gasteiger partial charge on any atom is 0.251 e. The molecule has 124 valence electrons. The van der Waals surface area contributed by atoms with Crippen LogP contribution in [0.2, 0.25) is 0 Å². The lowest BCUT2D eigenvalue weighted by molar-refractivity contribution is 0.0951. The maximum absolute atomic E-state index is 12.5. The van der Waals surface area contributed by atoms with Crippen molar-refractivity contribution >= 4 is 16.9 Å². The molecular formula is C18H16N6O. The molecule has 25 heavy (non-hydrogen) atoms. The van der Waals surface area contributed by atoms with Gasteiger partial charge in [-0.2, -0.15) is 5.10 Å². The van der Waals surface area contributed by atoms with Gasteiger partial charge in [-0.25, -0.2) is 4.98 Å². The number of rotatable bonds is 4. The highest BCUT2D eigenvalue weighted by atomic mass is 16.1. The summed E-state index contributed by atoms with van der Waals surface area (Å²) in [6, 6.07) is 9.20. The molecule has 1 amide bonds. The smallest absolute Gasteiger partial charge is 0.251 e. The largest absolute Gasteiger partial charge is 0.348 e. The van der Waals surface area contributed by atoms with E-state index in [0.29, 0.717) is 12.1 Å². The van der Waals surface area contributed by atoms with Gasteiger partial charge >= 0.3 is 0 Å². The molecule has 0 aliphatic rings. The lowest BCUT2D eigenvalue weighted by Gasteiger charge is -2.09. The van der Waals surface area contributed by atoms with E-state index in [2.05, 4.69) is 25.4 Å². The van der Waals surface area contributed by atoms with Crippen LogP contribution >= 0.6 is 0 Å². The van der Waals surface area contributed by atoms with Crippen LogP contribution < -0.4 is 5.32 Å². The number of fused-ring (bicyclic) bond motifs is 1. The maximum atomic E-state index is 12.5. The number of H-pyrrole nitrogens is 1. The van der Waals surface area contributed by atoms with Gasteiger partial charge in [-0.1, -0.05) is 6.07 Å². The normalized spacial score (nSPS) is 10.9. The zero-order valence-electron chi connectivity index (χ0n) is 13.6. The number of hydrogen-bond acceptors (Lipinski definition) is 4. The summed E-state index contributed by atoms with van der Waals surface area (Å²) in [5.41, 5.74) is 4.94. The summed E-state index contributed by atoms with van der Waals surface area (Å²) in [5, 5.41) is 7.13. The lowest BCUT2D eigenvalue weighted by Crippen LogP contribution is -2.23. The predicted octanol–water partition coefficient (Wildman–Crippen LogP) is 2.29. The van der Waals surface area contributed by atoms with Gasteiger partial charge in [0.25, 0.3) is 5.91 Å². The Morgan fingerprint density at radius 2 is 2.20 bits per heavy atom. The third-order valence-electron chi connectivity index (χ3n) is 3.99. The minimum atomic E-state index is -0.141. The second kappa shape index (κ2) is 6.20. The van der Waals surface area contributed by atoms with Gasteiger partial charge in [0.1, 0.15) is 0 Å². The minimum Gasteiger partial charge on any atom is -0.348 e. The van der Waals surface area contributed by atoms with Crippen molar-refractivity contribution in [3.63, 3.8) is 0 Å². The number of aromatic amines is 1. The van der Waals surface area contributed by atoms with Crippen molar-refractivity contribution < 1.29 is 4.79 Å². The average Bonchev–Trinajstić information content (AvgIpc) is 3.28. The Labute approximate surface area is 143 Å². The molecular weight excluding hydrogens is 316 g/mol. The van der Waals surface area contributed by atoms with E-state index in [4.69, 9.17) is 0 Å². The molecule has 3 heterocycles. The zero-order chi connectivity index (χ0) is 17.2. The van der Waals surface area contributed by atoms with Gasteiger partial charge in [0.15, 0.2) is 0 Å². The number of pyridine rings is 1. The molecule has 0 saturated heterocycles. The first-order valence-electron chi connectivity index (χ1n) is 7.85. The van der Waals surface area contributed by atoms with E-state index in [0.717, 1.165) is 27.9 Å². The standard InChI is InChI=1S/C18H16N6O/c1-24-10-14(9-23-24)17-13(3-2-6-19-17)8-20-18(25)12-4-5-15-16(7-12)22-11-21-15/h2-7,9-11H,8H2,1H3,(H,20,25)(H,21,22). The third-order valence-corrected chi connectivity index (χ3v) is 3.99. The van der Waals surface area contributed by atoms with Gasteiger partial charge < -0.3 is 10.3 Å². The fourth-order valence-corrected chi connectivity index (χ4v) is 2.74. The van der Waals surface area contributed by atoms with Crippen LogP contribution in [0.25, 0.3) is 22.3 Å². The highest BCUT2D eigenvalue weighted by Crippen LogP contribution is 2.20. The van der Waals surface area contributed by atoms with Crippen LogP contribution in [0.4, 0.5) is 0 Å². The van der Waals surface area contributed by atoms with Crippen LogP contribution in [0.1, 0.15) is 15.9 Å². The van der Waals surface area contributed by atoms with Crippen LogP contribution in [-0.2, 0) is 13.6 Å². The molecule has 7 nitrogen and oxygen atoms in total. The first-order chi connectivity index (χ1) is 12.2. The van der Waals surface area contributed by atoms with E-state index in [-0.39, 0.29) is 5.91 Å². The number of nitrogens with zero attached hydrogens (tertiary/aromatic N) is 4. The number of benzene rings is 1. The number of aryl methyl sites for hydroxylation is 1. The first kappa shape index (κ1) is 15.1. The van der Waals surface area contributed by atoms with Gasteiger partial charge in [0.05, 0.1) is 29.3 Å². The molecule has 1 aromatic carbocycles. The molecule has 0 bridgehead atoms. The zero-order valence-corrected chi connectivity index (χ0v) is 13.6. The third kappa shape index (κ3) is 2.99. The summed E-state index contributed by atoms with van der Waals surface area (Å²) in [7, 11) is 1.86. The Hall–Kier alpha value is -3.48. The molecule has 0 atom stereocenters. The van der Waals surface area contributed by atoms with Crippen LogP contribution in [0, 0.1) is 0 Å². The number of amides is 1. The SMILES string of the molecule is Cn1cc(-c2ncccc2CNC(=O)c2ccc3nc[nH]c3c2)cn1. The van der Waals surface area contributed by atoms with Crippen LogP contribution in [0.5, 0.6) is 0 Å². The van der Waals surface area contributed by atoms with E-state index in [1.807, 2.05) is 31.4 Å². The lowest BCUT2D eigenvalue weighted by atomic mass is 10.1. The molecule has 3 aromatic heterocycles. The Balaban J connectivity index is 1.54. The fourth-order valence-electron chi connectivity index (χ4n) is 2.74. The molecule has 0 fully saturated rings. The molecule has 0 spiro atoms. The van der Waals surface area contributed by atoms with Crippen molar-refractivity contribution in [2.45, 2.75) is 6.54 Å². The molecule has 0 aliphatic carbocycles. The number of carbonyl (C=O) groups excluding carboxylic acids is 1. The number of carbonyl (C=O) groups is 1. The Bertz CT molecular complexity index is 1050. The van der Waals surface area contributed by atoms with Crippen molar-refractivity contribution in [2.24, 2.45) is 7.05 Å². The van der Waals surface area contributed by atoms with E-state index in [9.17, 15) is 4.79 Å². The van der Waals surface area contributed by atoms with Gasteiger partial charge in [-0.05, 0) is 29.8 Å². The van der Waals surface area contributed by atoms with E-state index in [1.165, 1.54) is 0 Å². The predicted molar refractivity (Wildman–Crippen MR) is 93.7 cm³/mol. The summed E-state index contributed by atoms with van der Waals surface area (Å²) >= 11 is 0. The number of imidazole rings is 1. The van der Waals surface area contributed by atoms with Crippen LogP contribution in [0.15, 0.2) is 55.2 Å². The highest BCUT2D eigenvalue weighted by molar-refractivity contribution is 5.97. The van der Waals surface area contributed by atoms with Gasteiger partial charge in [0.2, 0.25) is 0 Å². The van der Waals surface area contributed by atoms with Crippen molar-refractivity contribution in [2.75, 3.05) is 0 Å². The summed E-state index contributed by atoms with van der Waals surface area (Å²) in [5.74, 6) is -0.141. The molecule has 0 aliphatic heterocycles. The second-order valence-electron chi connectivity index (χ2n) is 5.73. The summed E-state index contributed by atoms with van der Waals surface area (Å²) < 4.78 is 1.73. The Morgan fingerprint density at radius 3 is 3.04 bits per heavy atom. The van der Waals surface area contributed by atoms with E-state index < -0.39 is 0 Å². The Morgan fingerprint density at radius 1 is 1.28 bits per heavy atom. The topological polar surface area (TPSA) is 88.5 Å². The molecule has 7 heteroatoms. The van der Waals surface area contributed by atoms with Crippen LogP contribution in [0.3, 0.4) is 0 Å². The Kier molecular flexibility index (Phi) is 3.74. The van der Waals surface area contributed by atoms with Gasteiger partial charge in [0, 0.05) is 37.1 Å². The molecule has 2 N–H and O–H groups in total. The van der Waals surface area contributed by atoms with E-state index in [1.54, 1.807) is 35.5 Å². The van der Waals surface area contributed by atoms with Crippen molar-refractivity contribution in [3.05, 3.63) is 66.4 Å². The first-order valence-corrected chi connectivity index (χ1v) is 7.85. The van der Waals surface area contributed by atoms with Crippen LogP contribution in [-0.4, -0.2) is 30.6 Å². The highest BCUT2D eigenvalue weighted by Gasteiger charge is 2.11. The summed E-state index contributed by atoms with van der Waals surface area (Å²) in [6.07, 6.45) is 7.02. The molecule has 0 saturated carbocycles. The van der Waals surface area contributed by atoms with Gasteiger partial charge in [-0.3, -0.25) is 14.5 Å². The quantitative estimate of drug-likeness (QED) is 0.600. The monoisotopic (exact) mass is 332 g/mol. The summed E-state index contributed by atoms with van der Waals surface area (Å²) in [6.45, 7) is 0.387. The molecule has 4 aromatic rings. The van der Waals surface area contributed by atoms with Crippen molar-refractivity contribution in [1.29, 1.82) is 0 Å². The molecule has 0 unspecified atom stereocenters. The van der Waals surface area contributed by atoms with Gasteiger partial charge in [-0.15, -0.1) is 0 Å². The van der Waals surface area contributed by atoms with E-state index >= 15 is 0 Å². The number of nitrogens with one attached hydrogen (secondary N) is 2.